The number of benzene rings is 1. The third-order valence-corrected chi connectivity index (χ3v) is 10.2. The maximum atomic E-state index is 14.4. The summed E-state index contributed by atoms with van der Waals surface area (Å²) in [5.41, 5.74) is 5.62. The lowest BCUT2D eigenvalue weighted by Gasteiger charge is -2.34. The van der Waals surface area contributed by atoms with E-state index in [1.165, 1.54) is 0 Å². The van der Waals surface area contributed by atoms with Crippen LogP contribution in [0.5, 0.6) is 0 Å². The lowest BCUT2D eigenvalue weighted by molar-refractivity contribution is -0.142. The molecule has 0 aliphatic carbocycles. The number of amides is 8. The highest BCUT2D eigenvalue weighted by Gasteiger charge is 2.38. The molecule has 0 saturated carbocycles. The number of Topliss-reactive ketones (excluding diaryl/α,β-unsaturated/α-hetero) is 1. The number of nitrogens with one attached hydrogen (secondary N) is 7. The fraction of sp³-hybridized carbons (Fsp3) is 0.614. The van der Waals surface area contributed by atoms with Gasteiger partial charge in [-0.25, -0.2) is 0 Å². The van der Waals surface area contributed by atoms with E-state index in [1.807, 2.05) is 6.92 Å². The Labute approximate surface area is 379 Å². The second-order valence-electron chi connectivity index (χ2n) is 17.4. The first kappa shape index (κ1) is 56.6. The molecule has 21 heteroatoms. The minimum absolute atomic E-state index is 0.0831. The standard InChI is InChI=1S/C44H68N8O13/c1-8-9-16-28(36(59)38(45)60)48-40(62)30(21-25(2)3)51-43(65)37(44(5,6)7)52-42(64)31(22-27-15-11-10-14-26(27)4)50-39(61)29(17-12-13-20-46-24-53)49-41(63)32(23-35(57)58)47-33(54)18-19-34(55)56/h10-11,14-15,24-25,28-32,37H,8-9,12-13,16-23H2,1-7H3,(H2,45,60)(H,46,53)(H,47,54)(H,48,62)(H,49,63)(H,50,61)(H,51,65)(H,52,64)(H,55,56)(H,57,58)/t28?,29-,30-,31-,32-,37+/m0/s1. The molecule has 1 aromatic rings. The van der Waals surface area contributed by atoms with Gasteiger partial charge in [0.15, 0.2) is 0 Å². The van der Waals surface area contributed by atoms with Crippen molar-refractivity contribution < 1.29 is 63.0 Å². The van der Waals surface area contributed by atoms with Gasteiger partial charge in [0.1, 0.15) is 30.2 Å². The smallest absolute Gasteiger partial charge is 0.305 e. The highest BCUT2D eigenvalue weighted by molar-refractivity contribution is 6.37. The van der Waals surface area contributed by atoms with Crippen molar-refractivity contribution in [1.82, 2.24) is 37.2 Å². The van der Waals surface area contributed by atoms with E-state index in [-0.39, 0.29) is 44.6 Å². The Morgan fingerprint density at radius 1 is 0.677 bits per heavy atom. The van der Waals surface area contributed by atoms with Crippen molar-refractivity contribution in [3.63, 3.8) is 0 Å². The summed E-state index contributed by atoms with van der Waals surface area (Å²) in [5, 5.41) is 36.2. The van der Waals surface area contributed by atoms with Gasteiger partial charge in [0.2, 0.25) is 47.6 Å². The lowest BCUT2D eigenvalue weighted by atomic mass is 9.85. The molecular weight excluding hydrogens is 849 g/mol. The maximum absolute atomic E-state index is 14.4. The van der Waals surface area contributed by atoms with E-state index >= 15 is 0 Å². The Bertz CT molecular complexity index is 1850. The largest absolute Gasteiger partial charge is 0.481 e. The summed E-state index contributed by atoms with van der Waals surface area (Å²) in [4.78, 5) is 140. The topological polar surface area (TPSA) is 338 Å². The molecule has 0 fully saturated rings. The average Bonchev–Trinajstić information content (AvgIpc) is 3.21. The second-order valence-corrected chi connectivity index (χ2v) is 17.4. The van der Waals surface area contributed by atoms with Crippen LogP contribution in [0.25, 0.3) is 0 Å². The van der Waals surface area contributed by atoms with Gasteiger partial charge >= 0.3 is 11.9 Å². The van der Waals surface area contributed by atoms with Crippen molar-refractivity contribution in [3.8, 4) is 0 Å². The minimum atomic E-state index is -1.72. The number of rotatable bonds is 31. The van der Waals surface area contributed by atoms with E-state index in [0.717, 1.165) is 5.56 Å². The zero-order chi connectivity index (χ0) is 49.4. The fourth-order valence-corrected chi connectivity index (χ4v) is 6.58. The molecule has 1 unspecified atom stereocenters. The third kappa shape index (κ3) is 21.7. The molecule has 0 spiro atoms. The molecule has 0 aliphatic rings. The second kappa shape index (κ2) is 28.4. The number of carbonyl (C=O) groups is 11. The average molecular weight is 917 g/mol. The molecule has 65 heavy (non-hydrogen) atoms. The first-order chi connectivity index (χ1) is 30.4. The summed E-state index contributed by atoms with van der Waals surface area (Å²) in [6.45, 7) is 12.5. The minimum Gasteiger partial charge on any atom is -0.481 e. The molecule has 1 aromatic carbocycles. The zero-order valence-corrected chi connectivity index (χ0v) is 38.4. The van der Waals surface area contributed by atoms with Crippen LogP contribution in [-0.4, -0.2) is 118 Å². The summed E-state index contributed by atoms with van der Waals surface area (Å²) >= 11 is 0. The zero-order valence-electron chi connectivity index (χ0n) is 38.4. The van der Waals surface area contributed by atoms with Crippen molar-refractivity contribution >= 4 is 65.5 Å². The van der Waals surface area contributed by atoms with Crippen LogP contribution < -0.4 is 43.0 Å². The molecular formula is C44H68N8O13. The Hall–Kier alpha value is -6.41. The van der Waals surface area contributed by atoms with Crippen LogP contribution in [0.1, 0.15) is 117 Å². The van der Waals surface area contributed by atoms with Crippen molar-refractivity contribution in [3.05, 3.63) is 35.4 Å². The van der Waals surface area contributed by atoms with Gasteiger partial charge in [0.25, 0.3) is 5.91 Å². The van der Waals surface area contributed by atoms with Crippen LogP contribution in [0.15, 0.2) is 24.3 Å². The van der Waals surface area contributed by atoms with Crippen molar-refractivity contribution in [2.75, 3.05) is 6.54 Å². The van der Waals surface area contributed by atoms with Crippen molar-refractivity contribution in [1.29, 1.82) is 0 Å². The molecule has 0 heterocycles. The van der Waals surface area contributed by atoms with Gasteiger partial charge in [0, 0.05) is 19.4 Å². The summed E-state index contributed by atoms with van der Waals surface area (Å²) in [7, 11) is 0. The Morgan fingerprint density at radius 2 is 1.23 bits per heavy atom. The first-order valence-electron chi connectivity index (χ1n) is 21.7. The van der Waals surface area contributed by atoms with Crippen LogP contribution in [0, 0.1) is 18.3 Å². The molecule has 0 radical (unpaired) electrons. The molecule has 0 bridgehead atoms. The first-order valence-corrected chi connectivity index (χ1v) is 21.7. The molecule has 0 aromatic heterocycles. The number of carboxylic acids is 2. The van der Waals surface area contributed by atoms with Crippen LogP contribution in [0.2, 0.25) is 0 Å². The Kier molecular flexibility index (Phi) is 24.7. The quantitative estimate of drug-likeness (QED) is 0.0268. The number of aryl methyl sites for hydroxylation is 1. The molecule has 0 saturated heterocycles. The predicted molar refractivity (Wildman–Crippen MR) is 236 cm³/mol. The van der Waals surface area contributed by atoms with Gasteiger partial charge in [-0.05, 0) is 61.5 Å². The third-order valence-electron chi connectivity index (χ3n) is 10.2. The van der Waals surface area contributed by atoms with Gasteiger partial charge in [0.05, 0.1) is 18.9 Å². The van der Waals surface area contributed by atoms with Gasteiger partial charge in [-0.15, -0.1) is 0 Å². The van der Waals surface area contributed by atoms with E-state index in [2.05, 4.69) is 37.2 Å². The van der Waals surface area contributed by atoms with E-state index in [0.29, 0.717) is 31.2 Å². The predicted octanol–water partition coefficient (Wildman–Crippen LogP) is 0.0389. The van der Waals surface area contributed by atoms with E-state index in [1.54, 1.807) is 65.8 Å². The number of carboxylic acid groups (broad SMARTS) is 2. The summed E-state index contributed by atoms with van der Waals surface area (Å²) < 4.78 is 0. The number of ketones is 1. The molecule has 362 valence electrons. The molecule has 11 N–H and O–H groups in total. The number of primary amides is 1. The number of aliphatic carboxylic acids is 2. The van der Waals surface area contributed by atoms with Crippen LogP contribution in [0.4, 0.5) is 0 Å². The normalized spacial score (nSPS) is 13.9. The van der Waals surface area contributed by atoms with E-state index in [9.17, 15) is 57.8 Å². The Balaban J connectivity index is 3.61. The Morgan fingerprint density at radius 3 is 1.78 bits per heavy atom. The highest BCUT2D eigenvalue weighted by atomic mass is 16.4. The highest BCUT2D eigenvalue weighted by Crippen LogP contribution is 2.21. The van der Waals surface area contributed by atoms with E-state index in [4.69, 9.17) is 10.8 Å². The number of hydrogen-bond donors (Lipinski definition) is 10. The summed E-state index contributed by atoms with van der Waals surface area (Å²) in [5.74, 6) is -10.4. The van der Waals surface area contributed by atoms with Crippen molar-refractivity contribution in [2.24, 2.45) is 17.1 Å². The maximum Gasteiger partial charge on any atom is 0.305 e. The van der Waals surface area contributed by atoms with Crippen LogP contribution in [-0.2, 0) is 59.2 Å². The number of carbonyl (C=O) groups excluding carboxylic acids is 9. The number of unbranched alkanes of at least 4 members (excludes halogenated alkanes) is 2. The fourth-order valence-electron chi connectivity index (χ4n) is 6.58. The molecule has 8 amide bonds. The van der Waals surface area contributed by atoms with Gasteiger partial charge in [-0.3, -0.25) is 52.7 Å². The molecule has 6 atom stereocenters. The summed E-state index contributed by atoms with van der Waals surface area (Å²) in [6, 6.07) is -1.32. The molecule has 1 rings (SSSR count). The number of nitrogens with two attached hydrogens (primary N) is 1. The van der Waals surface area contributed by atoms with Gasteiger partial charge in [-0.2, -0.15) is 0 Å². The number of hydrogen-bond acceptors (Lipinski definition) is 11. The van der Waals surface area contributed by atoms with Crippen LogP contribution >= 0.6 is 0 Å². The monoisotopic (exact) mass is 916 g/mol. The van der Waals surface area contributed by atoms with E-state index < -0.39 is 120 Å². The van der Waals surface area contributed by atoms with Gasteiger partial charge in [-0.1, -0.05) is 78.6 Å². The van der Waals surface area contributed by atoms with Crippen LogP contribution in [0.3, 0.4) is 0 Å². The van der Waals surface area contributed by atoms with Crippen molar-refractivity contribution in [2.45, 2.75) is 155 Å². The molecule has 21 nitrogen and oxygen atoms in total. The van der Waals surface area contributed by atoms with Gasteiger partial charge < -0.3 is 53.2 Å². The lowest BCUT2D eigenvalue weighted by Crippen LogP contribution is -2.62. The summed E-state index contributed by atoms with van der Waals surface area (Å²) in [6.07, 6.45) is 0.188. The molecule has 0 aliphatic heterocycles. The SMILES string of the molecule is CCCCC(NC(=O)[C@H](CC(C)C)NC(=O)[C@@H](NC(=O)[C@H](Cc1ccccc1C)NC(=O)[C@H](CCCCNC=O)NC(=O)[C@H](CC(=O)O)NC(=O)CCC(=O)O)C(C)(C)C)C(=O)C(N)=O.